The zero-order valence-corrected chi connectivity index (χ0v) is 28.9. The fourth-order valence-corrected chi connectivity index (χ4v) is 7.61. The predicted octanol–water partition coefficient (Wildman–Crippen LogP) is 14.4. The van der Waals surface area contributed by atoms with E-state index in [0.29, 0.717) is 0 Å². The van der Waals surface area contributed by atoms with Gasteiger partial charge < -0.3 is 14.5 Å². The van der Waals surface area contributed by atoms with Crippen molar-refractivity contribution in [1.82, 2.24) is 0 Å². The van der Waals surface area contributed by atoms with Gasteiger partial charge in [-0.25, -0.2) is 0 Å². The SMILES string of the molecule is c1ccc(-c2ccc(N(c3ccc4c(c3)Oc3ccccc3N4c3ccc(-c4ccccc4)cc3)c3ccc4ccc5ccccc5c4c3)cc2)cc1. The number of hydrogen-bond donors (Lipinski definition) is 0. The molecule has 0 saturated carbocycles. The van der Waals surface area contributed by atoms with Crippen molar-refractivity contribution in [3.05, 3.63) is 206 Å². The third-order valence-corrected chi connectivity index (χ3v) is 10.2. The first-order valence-corrected chi connectivity index (χ1v) is 18.0. The van der Waals surface area contributed by atoms with Gasteiger partial charge in [0.15, 0.2) is 11.5 Å². The van der Waals surface area contributed by atoms with Crippen molar-refractivity contribution < 1.29 is 4.74 Å². The van der Waals surface area contributed by atoms with E-state index in [2.05, 4.69) is 204 Å². The molecule has 1 heterocycles. The van der Waals surface area contributed by atoms with Crippen molar-refractivity contribution in [2.45, 2.75) is 0 Å². The molecule has 0 bridgehead atoms. The number of anilines is 6. The van der Waals surface area contributed by atoms with Crippen molar-refractivity contribution in [1.29, 1.82) is 0 Å². The lowest BCUT2D eigenvalue weighted by Crippen LogP contribution is -2.17. The first-order valence-electron chi connectivity index (χ1n) is 18.0. The smallest absolute Gasteiger partial charge is 0.153 e. The predicted molar refractivity (Wildman–Crippen MR) is 222 cm³/mol. The summed E-state index contributed by atoms with van der Waals surface area (Å²) in [6, 6.07) is 73.3. The van der Waals surface area contributed by atoms with E-state index in [9.17, 15) is 0 Å². The molecule has 9 aromatic rings. The summed E-state index contributed by atoms with van der Waals surface area (Å²) >= 11 is 0. The zero-order valence-electron chi connectivity index (χ0n) is 28.9. The van der Waals surface area contributed by atoms with E-state index >= 15 is 0 Å². The third kappa shape index (κ3) is 5.56. The number of benzene rings is 9. The highest BCUT2D eigenvalue weighted by Gasteiger charge is 2.27. The second-order valence-corrected chi connectivity index (χ2v) is 13.4. The van der Waals surface area contributed by atoms with E-state index in [4.69, 9.17) is 4.74 Å². The highest BCUT2D eigenvalue weighted by molar-refractivity contribution is 6.09. The Morgan fingerprint density at radius 2 is 0.849 bits per heavy atom. The molecule has 3 nitrogen and oxygen atoms in total. The Hall–Kier alpha value is -7.10. The number of rotatable bonds is 6. The fraction of sp³-hybridized carbons (Fsp3) is 0. The maximum Gasteiger partial charge on any atom is 0.153 e. The Kier molecular flexibility index (Phi) is 7.47. The molecule has 0 radical (unpaired) electrons. The minimum Gasteiger partial charge on any atom is -0.453 e. The molecule has 53 heavy (non-hydrogen) atoms. The van der Waals surface area contributed by atoms with Crippen LogP contribution in [0.25, 0.3) is 43.8 Å². The van der Waals surface area contributed by atoms with Crippen LogP contribution in [0.15, 0.2) is 206 Å². The average Bonchev–Trinajstić information content (AvgIpc) is 3.24. The van der Waals surface area contributed by atoms with Crippen LogP contribution in [-0.4, -0.2) is 0 Å². The molecule has 0 N–H and O–H groups in total. The van der Waals surface area contributed by atoms with Gasteiger partial charge in [0.2, 0.25) is 0 Å². The molecule has 0 amide bonds. The highest BCUT2D eigenvalue weighted by Crippen LogP contribution is 2.52. The third-order valence-electron chi connectivity index (χ3n) is 10.2. The quantitative estimate of drug-likeness (QED) is 0.163. The number of para-hydroxylation sites is 2. The number of hydrogen-bond acceptors (Lipinski definition) is 3. The molecule has 0 unspecified atom stereocenters. The standard InChI is InChI=1S/C50H34N2O/c1-3-11-35(12-4-1)37-21-26-41(27-22-37)51(43-30-25-40-20-19-39-15-7-8-16-45(39)46(40)33-43)44-31-32-48-50(34-44)53-49-18-10-9-17-47(49)52(48)42-28-23-38(24-29-42)36-13-5-2-6-14-36/h1-34H. The van der Waals surface area contributed by atoms with Gasteiger partial charge in [-0.05, 0) is 104 Å². The highest BCUT2D eigenvalue weighted by atomic mass is 16.5. The zero-order chi connectivity index (χ0) is 35.1. The monoisotopic (exact) mass is 678 g/mol. The number of nitrogens with zero attached hydrogens (tertiary/aromatic N) is 2. The second-order valence-electron chi connectivity index (χ2n) is 13.4. The number of ether oxygens (including phenoxy) is 1. The maximum absolute atomic E-state index is 6.72. The summed E-state index contributed by atoms with van der Waals surface area (Å²) in [6.45, 7) is 0. The van der Waals surface area contributed by atoms with E-state index < -0.39 is 0 Å². The molecular formula is C50H34N2O. The molecule has 0 atom stereocenters. The van der Waals surface area contributed by atoms with Crippen molar-refractivity contribution in [3.63, 3.8) is 0 Å². The maximum atomic E-state index is 6.72. The Morgan fingerprint density at radius 3 is 1.58 bits per heavy atom. The molecule has 0 spiro atoms. The lowest BCUT2D eigenvalue weighted by Gasteiger charge is -2.34. The molecule has 1 aliphatic heterocycles. The summed E-state index contributed by atoms with van der Waals surface area (Å²) in [4.78, 5) is 4.63. The van der Waals surface area contributed by atoms with E-state index in [1.165, 1.54) is 43.8 Å². The summed E-state index contributed by atoms with van der Waals surface area (Å²) in [6.07, 6.45) is 0. The fourth-order valence-electron chi connectivity index (χ4n) is 7.61. The molecule has 10 rings (SSSR count). The molecule has 9 aromatic carbocycles. The minimum absolute atomic E-state index is 0.797. The normalized spacial score (nSPS) is 11.9. The van der Waals surface area contributed by atoms with E-state index in [0.717, 1.165) is 45.6 Å². The minimum atomic E-state index is 0.797. The molecule has 0 aromatic heterocycles. The lowest BCUT2D eigenvalue weighted by molar-refractivity contribution is 0.477. The van der Waals surface area contributed by atoms with Crippen LogP contribution in [0.4, 0.5) is 34.1 Å². The lowest BCUT2D eigenvalue weighted by atomic mass is 10.0. The van der Waals surface area contributed by atoms with E-state index in [1.54, 1.807) is 0 Å². The van der Waals surface area contributed by atoms with Crippen LogP contribution in [0.3, 0.4) is 0 Å². The second kappa shape index (κ2) is 12.9. The Balaban J connectivity index is 1.11. The van der Waals surface area contributed by atoms with Crippen molar-refractivity contribution in [2.75, 3.05) is 9.80 Å². The van der Waals surface area contributed by atoms with E-state index in [-0.39, 0.29) is 0 Å². The molecule has 3 heteroatoms. The van der Waals surface area contributed by atoms with Crippen LogP contribution in [0.5, 0.6) is 11.5 Å². The van der Waals surface area contributed by atoms with Gasteiger partial charge in [-0.2, -0.15) is 0 Å². The van der Waals surface area contributed by atoms with Crippen molar-refractivity contribution in [2.24, 2.45) is 0 Å². The first-order chi connectivity index (χ1) is 26.3. The van der Waals surface area contributed by atoms with Gasteiger partial charge in [0.05, 0.1) is 11.4 Å². The van der Waals surface area contributed by atoms with Crippen LogP contribution in [0.2, 0.25) is 0 Å². The summed E-state index contributed by atoms with van der Waals surface area (Å²) in [5.74, 6) is 1.62. The molecule has 0 saturated heterocycles. The van der Waals surface area contributed by atoms with Gasteiger partial charge in [0, 0.05) is 28.8 Å². The topological polar surface area (TPSA) is 15.7 Å². The average molecular weight is 679 g/mol. The van der Waals surface area contributed by atoms with Crippen LogP contribution in [0, 0.1) is 0 Å². The van der Waals surface area contributed by atoms with Crippen LogP contribution in [0.1, 0.15) is 0 Å². The number of fused-ring (bicyclic) bond motifs is 5. The molecule has 1 aliphatic rings. The van der Waals surface area contributed by atoms with Gasteiger partial charge in [0.1, 0.15) is 0 Å². The van der Waals surface area contributed by atoms with Gasteiger partial charge in [-0.15, -0.1) is 0 Å². The van der Waals surface area contributed by atoms with Crippen molar-refractivity contribution >= 4 is 55.7 Å². The van der Waals surface area contributed by atoms with Gasteiger partial charge in [-0.1, -0.05) is 140 Å². The van der Waals surface area contributed by atoms with Gasteiger partial charge in [-0.3, -0.25) is 0 Å². The molecule has 250 valence electrons. The van der Waals surface area contributed by atoms with Crippen LogP contribution >= 0.6 is 0 Å². The summed E-state index contributed by atoms with van der Waals surface area (Å²) < 4.78 is 6.72. The van der Waals surface area contributed by atoms with Crippen molar-refractivity contribution in [3.8, 4) is 33.8 Å². The van der Waals surface area contributed by atoms with Gasteiger partial charge in [0.25, 0.3) is 0 Å². The van der Waals surface area contributed by atoms with Crippen LogP contribution < -0.4 is 14.5 Å². The molecular weight excluding hydrogens is 645 g/mol. The first kappa shape index (κ1) is 30.7. The van der Waals surface area contributed by atoms with E-state index in [1.807, 2.05) is 12.1 Å². The molecule has 0 aliphatic carbocycles. The Labute approximate surface area is 309 Å². The van der Waals surface area contributed by atoms with Gasteiger partial charge >= 0.3 is 0 Å². The summed E-state index contributed by atoms with van der Waals surface area (Å²) in [7, 11) is 0. The molecule has 0 fully saturated rings. The van der Waals surface area contributed by atoms with Crippen LogP contribution in [-0.2, 0) is 0 Å². The largest absolute Gasteiger partial charge is 0.453 e. The summed E-state index contributed by atoms with van der Waals surface area (Å²) in [5.41, 5.74) is 11.0. The summed E-state index contributed by atoms with van der Waals surface area (Å²) in [5, 5.41) is 4.91. The Bertz CT molecular complexity index is 2740. The Morgan fingerprint density at radius 1 is 0.340 bits per heavy atom.